The molecule has 0 unspecified atom stereocenters. The minimum Gasteiger partial charge on any atom is -0.390 e. The molecule has 0 fully saturated rings. The molecule has 0 saturated heterocycles. The molecule has 2 N–H and O–H groups in total. The van der Waals surface area contributed by atoms with Crippen molar-refractivity contribution in [2.24, 2.45) is 5.92 Å². The second kappa shape index (κ2) is 9.09. The Morgan fingerprint density at radius 2 is 1.90 bits per heavy atom. The van der Waals surface area contributed by atoms with Crippen molar-refractivity contribution in [2.45, 2.75) is 49.8 Å². The zero-order chi connectivity index (χ0) is 22.1. The molecule has 2 aliphatic rings. The first-order valence-corrected chi connectivity index (χ1v) is 12.8. The molecule has 10 heteroatoms. The number of aliphatic hydroxyl groups is 1. The largest absolute Gasteiger partial charge is 0.390 e. The average Bonchev–Trinajstić information content (AvgIpc) is 2.97. The fourth-order valence-electron chi connectivity index (χ4n) is 2.88. The normalized spacial score (nSPS) is 12.1. The number of nitrogens with one attached hydrogen (secondary N) is 1. The van der Waals surface area contributed by atoms with Crippen LogP contribution in [-0.4, -0.2) is 28.8 Å². The third kappa shape index (κ3) is 4.72. The summed E-state index contributed by atoms with van der Waals surface area (Å²) in [6.07, 6.45) is 0.979. The Bertz CT molecular complexity index is 1170. The predicted molar refractivity (Wildman–Crippen MR) is 122 cm³/mol. The minimum absolute atomic E-state index is 0.0152. The molecule has 0 radical (unpaired) electrons. The molecule has 0 aliphatic carbocycles. The van der Waals surface area contributed by atoms with E-state index in [1.54, 1.807) is 23.9 Å². The van der Waals surface area contributed by atoms with Gasteiger partial charge in [0.05, 0.1) is 21.4 Å². The fraction of sp³-hybridized carbons (Fsp3) is 0.400. The van der Waals surface area contributed by atoms with E-state index in [1.807, 2.05) is 13.8 Å². The standard InChI is InChI=1S/C20H25N3O4S3/c1-12(2)9-10-28-19-17-18(21-20(25)23(17)16(11-24)14(4)29-19)22-30(26,27)15-7-5-13(3)6-8-15/h5-8,12,24H,9-11H2,1-4H3,(H,21,22,25). The smallest absolute Gasteiger partial charge is 0.354 e. The highest BCUT2D eigenvalue weighted by Gasteiger charge is 2.27. The Hall–Kier alpha value is -1.88. The Balaban J connectivity index is 2.09. The van der Waals surface area contributed by atoms with E-state index in [0.717, 1.165) is 26.8 Å². The number of rotatable bonds is 8. The maximum absolute atomic E-state index is 12.9. The number of hydrogen-bond acceptors (Lipinski definition) is 7. The molecule has 1 aromatic rings. The van der Waals surface area contributed by atoms with Crippen LogP contribution in [0.5, 0.6) is 0 Å². The topological polar surface area (TPSA) is 101 Å². The molecule has 0 amide bonds. The number of benzene rings is 1. The SMILES string of the molecule is Cc1ccc(S(=O)(=O)Nc2nc(=O)n3c(CO)c(C)sc(SCCC(C)C)c2-3)cc1. The lowest BCUT2D eigenvalue weighted by Crippen LogP contribution is -2.19. The first-order valence-electron chi connectivity index (χ1n) is 9.52. The van der Waals surface area contributed by atoms with Crippen LogP contribution in [0.15, 0.2) is 38.2 Å². The highest BCUT2D eigenvalue weighted by atomic mass is 32.2. The monoisotopic (exact) mass is 467 g/mol. The Labute approximate surface area is 184 Å². The number of nitrogens with zero attached hydrogens (tertiary/aromatic N) is 2. The molecule has 162 valence electrons. The molecule has 0 aromatic heterocycles. The van der Waals surface area contributed by atoms with Crippen molar-refractivity contribution < 1.29 is 13.5 Å². The maximum atomic E-state index is 12.9. The van der Waals surface area contributed by atoms with Crippen molar-refractivity contribution in [3.63, 3.8) is 0 Å². The summed E-state index contributed by atoms with van der Waals surface area (Å²) in [6.45, 7) is 7.63. The Kier molecular flexibility index (Phi) is 6.91. The van der Waals surface area contributed by atoms with Crippen LogP contribution < -0.4 is 10.4 Å². The number of fused-ring (bicyclic) bond motifs is 1. The Morgan fingerprint density at radius 1 is 1.23 bits per heavy atom. The lowest BCUT2D eigenvalue weighted by molar-refractivity contribution is 0.273. The lowest BCUT2D eigenvalue weighted by Gasteiger charge is -2.17. The molecule has 3 rings (SSSR count). The number of aromatic nitrogens is 2. The summed E-state index contributed by atoms with van der Waals surface area (Å²) in [4.78, 5) is 17.5. The second-order valence-corrected chi connectivity index (χ2v) is 11.7. The number of aryl methyl sites for hydroxylation is 2. The molecule has 0 atom stereocenters. The Morgan fingerprint density at radius 3 is 2.50 bits per heavy atom. The molecular weight excluding hydrogens is 442 g/mol. The van der Waals surface area contributed by atoms with Gasteiger partial charge in [-0.25, -0.2) is 13.2 Å². The summed E-state index contributed by atoms with van der Waals surface area (Å²) >= 11 is 2.99. The highest BCUT2D eigenvalue weighted by molar-refractivity contribution is 8.01. The van der Waals surface area contributed by atoms with Crippen LogP contribution in [0.1, 0.15) is 36.4 Å². The van der Waals surface area contributed by atoms with Crippen LogP contribution in [0.2, 0.25) is 0 Å². The zero-order valence-corrected chi connectivity index (χ0v) is 19.7. The molecule has 1 aromatic carbocycles. The van der Waals surface area contributed by atoms with E-state index in [2.05, 4.69) is 23.6 Å². The number of anilines is 1. The number of thioether (sulfide) groups is 1. The molecule has 7 nitrogen and oxygen atoms in total. The van der Waals surface area contributed by atoms with Gasteiger partial charge in [-0.3, -0.25) is 9.29 Å². The summed E-state index contributed by atoms with van der Waals surface area (Å²) in [7, 11) is -3.92. The summed E-state index contributed by atoms with van der Waals surface area (Å²) in [5.74, 6) is 1.33. The van der Waals surface area contributed by atoms with Crippen molar-refractivity contribution in [1.29, 1.82) is 0 Å². The van der Waals surface area contributed by atoms with Gasteiger partial charge in [0, 0.05) is 4.88 Å². The van der Waals surface area contributed by atoms with E-state index >= 15 is 0 Å². The molecule has 30 heavy (non-hydrogen) atoms. The van der Waals surface area contributed by atoms with Crippen LogP contribution in [-0.2, 0) is 16.6 Å². The number of imidazole rings is 1. The predicted octanol–water partition coefficient (Wildman–Crippen LogP) is 3.78. The summed E-state index contributed by atoms with van der Waals surface area (Å²) in [5.41, 5.74) is 1.14. The van der Waals surface area contributed by atoms with Gasteiger partial charge in [0.1, 0.15) is 5.69 Å². The second-order valence-electron chi connectivity index (χ2n) is 7.43. The van der Waals surface area contributed by atoms with Crippen molar-refractivity contribution in [3.05, 3.63) is 50.9 Å². The lowest BCUT2D eigenvalue weighted by atomic mass is 10.2. The third-order valence-corrected chi connectivity index (χ3v) is 8.38. The van der Waals surface area contributed by atoms with Crippen molar-refractivity contribution in [2.75, 3.05) is 10.5 Å². The number of sulfonamides is 1. The van der Waals surface area contributed by atoms with Crippen LogP contribution in [0.25, 0.3) is 5.69 Å². The van der Waals surface area contributed by atoms with E-state index < -0.39 is 15.7 Å². The van der Waals surface area contributed by atoms with Gasteiger partial charge in [-0.2, -0.15) is 4.98 Å². The van der Waals surface area contributed by atoms with Gasteiger partial charge >= 0.3 is 5.69 Å². The molecule has 2 aliphatic heterocycles. The van der Waals surface area contributed by atoms with Gasteiger partial charge < -0.3 is 5.11 Å². The quantitative estimate of drug-likeness (QED) is 0.489. The van der Waals surface area contributed by atoms with E-state index in [-0.39, 0.29) is 17.3 Å². The number of aliphatic hydroxyl groups excluding tert-OH is 1. The summed E-state index contributed by atoms with van der Waals surface area (Å²) < 4.78 is 30.4. The van der Waals surface area contributed by atoms with E-state index in [4.69, 9.17) is 0 Å². The maximum Gasteiger partial charge on any atom is 0.354 e. The van der Waals surface area contributed by atoms with E-state index in [1.165, 1.54) is 28.0 Å². The van der Waals surface area contributed by atoms with Crippen LogP contribution in [0, 0.1) is 19.8 Å². The fourth-order valence-corrected chi connectivity index (χ4v) is 6.69. The number of hydrogen-bond donors (Lipinski definition) is 2. The molecule has 0 saturated carbocycles. The van der Waals surface area contributed by atoms with Gasteiger partial charge in [-0.05, 0) is 44.1 Å². The van der Waals surface area contributed by atoms with Gasteiger partial charge in [0.2, 0.25) is 0 Å². The van der Waals surface area contributed by atoms with E-state index in [9.17, 15) is 18.3 Å². The van der Waals surface area contributed by atoms with Gasteiger partial charge in [-0.15, -0.1) is 23.1 Å². The van der Waals surface area contributed by atoms with Gasteiger partial charge in [0.25, 0.3) is 10.0 Å². The van der Waals surface area contributed by atoms with Gasteiger partial charge in [-0.1, -0.05) is 31.5 Å². The van der Waals surface area contributed by atoms with Crippen molar-refractivity contribution >= 4 is 38.9 Å². The van der Waals surface area contributed by atoms with Crippen molar-refractivity contribution in [1.82, 2.24) is 9.55 Å². The summed E-state index contributed by atoms with van der Waals surface area (Å²) in [5, 5.41) is 9.80. The van der Waals surface area contributed by atoms with E-state index in [0.29, 0.717) is 17.3 Å². The zero-order valence-electron chi connectivity index (χ0n) is 17.3. The van der Waals surface area contributed by atoms with Crippen LogP contribution >= 0.6 is 23.1 Å². The highest BCUT2D eigenvalue weighted by Crippen LogP contribution is 2.39. The average molecular weight is 468 g/mol. The minimum atomic E-state index is -3.92. The van der Waals surface area contributed by atoms with Crippen LogP contribution in [0.4, 0.5) is 5.82 Å². The first kappa shape index (κ1) is 22.8. The third-order valence-electron chi connectivity index (χ3n) is 4.60. The molecule has 2 heterocycles. The molecule has 0 spiro atoms. The van der Waals surface area contributed by atoms with Crippen molar-refractivity contribution in [3.8, 4) is 5.69 Å². The molecule has 0 bridgehead atoms. The van der Waals surface area contributed by atoms with Gasteiger partial charge in [0.15, 0.2) is 5.82 Å². The summed E-state index contributed by atoms with van der Waals surface area (Å²) in [6, 6.07) is 6.44. The van der Waals surface area contributed by atoms with Crippen LogP contribution in [0.3, 0.4) is 0 Å². The first-order chi connectivity index (χ1) is 14.1. The molecular formula is C20H25N3O4S3.